The molecule has 104 valence electrons. The van der Waals surface area contributed by atoms with Crippen LogP contribution < -0.4 is 0 Å². The Labute approximate surface area is 108 Å². The lowest BCUT2D eigenvalue weighted by atomic mass is 10.0. The smallest absolute Gasteiger partial charge is 0.307 e. The van der Waals surface area contributed by atoms with Gasteiger partial charge in [0.2, 0.25) is 0 Å². The first-order chi connectivity index (χ1) is 8.65. The van der Waals surface area contributed by atoms with Crippen LogP contribution in [-0.4, -0.2) is 55.6 Å². The van der Waals surface area contributed by atoms with Gasteiger partial charge >= 0.3 is 5.97 Å². The van der Waals surface area contributed by atoms with E-state index >= 15 is 0 Å². The molecule has 1 spiro atoms. The normalized spacial score (nSPS) is 25.2. The summed E-state index contributed by atoms with van der Waals surface area (Å²) in [6.45, 7) is 7.61. The van der Waals surface area contributed by atoms with Gasteiger partial charge in [-0.2, -0.15) is 0 Å². The molecule has 2 aliphatic heterocycles. The fourth-order valence-electron chi connectivity index (χ4n) is 2.68. The average Bonchev–Trinajstić information content (AvgIpc) is 2.78. The molecular formula is C13H23NO4. The summed E-state index contributed by atoms with van der Waals surface area (Å²) in [5.74, 6) is -0.446. The third-order valence-corrected chi connectivity index (χ3v) is 3.76. The molecule has 0 aromatic rings. The van der Waals surface area contributed by atoms with Crippen LogP contribution in [0.2, 0.25) is 0 Å². The van der Waals surface area contributed by atoms with E-state index in [1.165, 1.54) is 0 Å². The minimum atomic E-state index is -0.333. The second-order valence-corrected chi connectivity index (χ2v) is 5.00. The Balaban J connectivity index is 1.76. The summed E-state index contributed by atoms with van der Waals surface area (Å²) in [6, 6.07) is 0.225. The molecule has 5 nitrogen and oxygen atoms in total. The molecule has 0 bridgehead atoms. The molecule has 2 aliphatic rings. The zero-order valence-corrected chi connectivity index (χ0v) is 11.3. The molecule has 0 saturated carbocycles. The number of rotatable bonds is 4. The number of hydrogen-bond donors (Lipinski definition) is 0. The van der Waals surface area contributed by atoms with E-state index in [4.69, 9.17) is 14.2 Å². The van der Waals surface area contributed by atoms with E-state index in [9.17, 15) is 4.79 Å². The van der Waals surface area contributed by atoms with Gasteiger partial charge in [-0.3, -0.25) is 9.69 Å². The van der Waals surface area contributed by atoms with Gasteiger partial charge in [0.05, 0.1) is 26.2 Å². The van der Waals surface area contributed by atoms with Crippen LogP contribution in [0.4, 0.5) is 0 Å². The van der Waals surface area contributed by atoms with Crippen LogP contribution in [0, 0.1) is 0 Å². The second kappa shape index (κ2) is 5.99. The molecule has 1 atom stereocenters. The minimum Gasteiger partial charge on any atom is -0.466 e. The van der Waals surface area contributed by atoms with Crippen molar-refractivity contribution < 1.29 is 19.0 Å². The zero-order valence-electron chi connectivity index (χ0n) is 11.3. The number of carbonyl (C=O) groups excluding carboxylic acids is 1. The van der Waals surface area contributed by atoms with E-state index in [1.54, 1.807) is 0 Å². The molecule has 2 rings (SSSR count). The predicted molar refractivity (Wildman–Crippen MR) is 66.2 cm³/mol. The van der Waals surface area contributed by atoms with Crippen molar-refractivity contribution in [3.05, 3.63) is 0 Å². The molecular weight excluding hydrogens is 234 g/mol. The maximum Gasteiger partial charge on any atom is 0.307 e. The maximum absolute atomic E-state index is 11.4. The first-order valence-corrected chi connectivity index (χ1v) is 6.83. The summed E-state index contributed by atoms with van der Waals surface area (Å²) >= 11 is 0. The highest BCUT2D eigenvalue weighted by Gasteiger charge is 2.40. The summed E-state index contributed by atoms with van der Waals surface area (Å²) in [4.78, 5) is 13.8. The standard InChI is InChI=1S/C13H23NO4/c1-3-16-12(15)10-11(2)14-6-4-13(5-7-14)17-8-9-18-13/h11H,3-10H2,1-2H3. The molecule has 2 fully saturated rings. The minimum absolute atomic E-state index is 0.112. The quantitative estimate of drug-likeness (QED) is 0.707. The summed E-state index contributed by atoms with van der Waals surface area (Å²) in [5.41, 5.74) is 0. The van der Waals surface area contributed by atoms with Crippen LogP contribution in [0.1, 0.15) is 33.1 Å². The molecule has 0 radical (unpaired) electrons. The van der Waals surface area contributed by atoms with Crippen LogP contribution in [-0.2, 0) is 19.0 Å². The van der Waals surface area contributed by atoms with Gasteiger partial charge < -0.3 is 14.2 Å². The van der Waals surface area contributed by atoms with Gasteiger partial charge in [0.15, 0.2) is 5.79 Å². The Bertz CT molecular complexity index is 279. The lowest BCUT2D eigenvalue weighted by Crippen LogP contribution is -2.48. The molecule has 0 aliphatic carbocycles. The molecule has 0 aromatic carbocycles. The van der Waals surface area contributed by atoms with Gasteiger partial charge in [-0.05, 0) is 13.8 Å². The van der Waals surface area contributed by atoms with E-state index < -0.39 is 0 Å². The van der Waals surface area contributed by atoms with Crippen molar-refractivity contribution in [3.8, 4) is 0 Å². The summed E-state index contributed by atoms with van der Waals surface area (Å²) in [6.07, 6.45) is 2.24. The van der Waals surface area contributed by atoms with Crippen molar-refractivity contribution in [3.63, 3.8) is 0 Å². The molecule has 5 heteroatoms. The highest BCUT2D eigenvalue weighted by molar-refractivity contribution is 5.70. The van der Waals surface area contributed by atoms with E-state index in [2.05, 4.69) is 11.8 Å². The fraction of sp³-hybridized carbons (Fsp3) is 0.923. The largest absolute Gasteiger partial charge is 0.466 e. The molecule has 1 unspecified atom stereocenters. The summed E-state index contributed by atoms with van der Waals surface area (Å²) < 4.78 is 16.4. The van der Waals surface area contributed by atoms with Crippen molar-refractivity contribution in [2.24, 2.45) is 0 Å². The van der Waals surface area contributed by atoms with Gasteiger partial charge in [-0.15, -0.1) is 0 Å². The number of piperidine rings is 1. The average molecular weight is 257 g/mol. The lowest BCUT2D eigenvalue weighted by Gasteiger charge is -2.40. The number of likely N-dealkylation sites (tertiary alicyclic amines) is 1. The topological polar surface area (TPSA) is 48.0 Å². The Morgan fingerprint density at radius 2 is 1.94 bits per heavy atom. The molecule has 2 heterocycles. The third-order valence-electron chi connectivity index (χ3n) is 3.76. The van der Waals surface area contributed by atoms with Crippen LogP contribution in [0.15, 0.2) is 0 Å². The van der Waals surface area contributed by atoms with Crippen LogP contribution >= 0.6 is 0 Å². The van der Waals surface area contributed by atoms with Crippen molar-refractivity contribution in [1.82, 2.24) is 4.90 Å². The first kappa shape index (κ1) is 13.8. The number of ether oxygens (including phenoxy) is 3. The van der Waals surface area contributed by atoms with Crippen LogP contribution in [0.3, 0.4) is 0 Å². The van der Waals surface area contributed by atoms with E-state index in [1.807, 2.05) is 6.92 Å². The number of hydrogen-bond acceptors (Lipinski definition) is 5. The summed E-state index contributed by atoms with van der Waals surface area (Å²) in [7, 11) is 0. The molecule has 0 amide bonds. The SMILES string of the molecule is CCOC(=O)CC(C)N1CCC2(CC1)OCCO2. The molecule has 18 heavy (non-hydrogen) atoms. The van der Waals surface area contributed by atoms with Gasteiger partial charge in [-0.1, -0.05) is 0 Å². The highest BCUT2D eigenvalue weighted by Crippen LogP contribution is 2.32. The van der Waals surface area contributed by atoms with Crippen molar-refractivity contribution >= 4 is 5.97 Å². The number of carbonyl (C=O) groups is 1. The second-order valence-electron chi connectivity index (χ2n) is 5.00. The fourth-order valence-corrected chi connectivity index (χ4v) is 2.68. The number of esters is 1. The highest BCUT2D eigenvalue weighted by atomic mass is 16.7. The Hall–Kier alpha value is -0.650. The molecule has 2 saturated heterocycles. The Morgan fingerprint density at radius 1 is 1.33 bits per heavy atom. The van der Waals surface area contributed by atoms with Gasteiger partial charge in [0.1, 0.15) is 0 Å². The molecule has 0 aromatic heterocycles. The van der Waals surface area contributed by atoms with E-state index in [-0.39, 0.29) is 17.8 Å². The Morgan fingerprint density at radius 3 is 2.50 bits per heavy atom. The van der Waals surface area contributed by atoms with E-state index in [0.29, 0.717) is 26.2 Å². The zero-order chi connectivity index (χ0) is 13.0. The maximum atomic E-state index is 11.4. The van der Waals surface area contributed by atoms with Crippen molar-refractivity contribution in [2.45, 2.75) is 44.9 Å². The van der Waals surface area contributed by atoms with Crippen LogP contribution in [0.25, 0.3) is 0 Å². The predicted octanol–water partition coefficient (Wildman–Crippen LogP) is 1.17. The van der Waals surface area contributed by atoms with Crippen molar-refractivity contribution in [1.29, 1.82) is 0 Å². The first-order valence-electron chi connectivity index (χ1n) is 6.83. The van der Waals surface area contributed by atoms with Gasteiger partial charge in [-0.25, -0.2) is 0 Å². The Kier molecular flexibility index (Phi) is 4.59. The summed E-state index contributed by atoms with van der Waals surface area (Å²) in [5, 5.41) is 0. The molecule has 0 N–H and O–H groups in total. The van der Waals surface area contributed by atoms with Gasteiger partial charge in [0, 0.05) is 32.0 Å². The monoisotopic (exact) mass is 257 g/mol. The van der Waals surface area contributed by atoms with Crippen molar-refractivity contribution in [2.75, 3.05) is 32.9 Å². The van der Waals surface area contributed by atoms with E-state index in [0.717, 1.165) is 25.9 Å². The lowest BCUT2D eigenvalue weighted by molar-refractivity contribution is -0.188. The van der Waals surface area contributed by atoms with Gasteiger partial charge in [0.25, 0.3) is 0 Å². The number of nitrogens with zero attached hydrogens (tertiary/aromatic N) is 1. The third kappa shape index (κ3) is 3.22. The van der Waals surface area contributed by atoms with Crippen LogP contribution in [0.5, 0.6) is 0 Å².